The van der Waals surface area contributed by atoms with E-state index in [9.17, 15) is 0 Å². The van der Waals surface area contributed by atoms with E-state index < -0.39 is 0 Å². The molecule has 0 aliphatic heterocycles. The molecule has 4 nitrogen and oxygen atoms in total. The molecular weight excluding hydrogens is 386 g/mol. The van der Waals surface area contributed by atoms with Gasteiger partial charge < -0.3 is 19.5 Å². The normalized spacial score (nSPS) is 10.6. The van der Waals surface area contributed by atoms with E-state index in [2.05, 4.69) is 23.5 Å². The molecule has 0 heterocycles. The summed E-state index contributed by atoms with van der Waals surface area (Å²) >= 11 is 6.07. The van der Waals surface area contributed by atoms with Crippen molar-refractivity contribution in [2.24, 2.45) is 0 Å². The van der Waals surface area contributed by atoms with Crippen LogP contribution in [0.1, 0.15) is 16.7 Å². The molecule has 0 unspecified atom stereocenters. The van der Waals surface area contributed by atoms with Crippen LogP contribution in [0.4, 0.5) is 0 Å². The first-order valence-electron chi connectivity index (χ1n) is 9.56. The summed E-state index contributed by atoms with van der Waals surface area (Å²) in [6.45, 7) is 1.98. The van der Waals surface area contributed by atoms with Gasteiger partial charge >= 0.3 is 0 Å². The minimum atomic E-state index is 0.430. The van der Waals surface area contributed by atoms with Gasteiger partial charge in [0.05, 0.1) is 14.2 Å². The molecule has 0 amide bonds. The third kappa shape index (κ3) is 6.14. The Morgan fingerprint density at radius 2 is 1.66 bits per heavy atom. The SMILES string of the molecule is COc1ccc(CCNCc2cccc(OC)c2OCc2cccc(Cl)c2)cc1. The molecule has 3 aromatic carbocycles. The summed E-state index contributed by atoms with van der Waals surface area (Å²) in [5.41, 5.74) is 3.34. The number of para-hydroxylation sites is 1. The number of nitrogens with one attached hydrogen (secondary N) is 1. The Hall–Kier alpha value is -2.69. The molecule has 0 aromatic heterocycles. The highest BCUT2D eigenvalue weighted by Gasteiger charge is 2.11. The van der Waals surface area contributed by atoms with Gasteiger partial charge in [0.2, 0.25) is 0 Å². The summed E-state index contributed by atoms with van der Waals surface area (Å²) < 4.78 is 16.8. The third-order valence-electron chi connectivity index (χ3n) is 4.62. The summed E-state index contributed by atoms with van der Waals surface area (Å²) in [7, 11) is 3.33. The van der Waals surface area contributed by atoms with Crippen molar-refractivity contribution >= 4 is 11.6 Å². The molecule has 0 saturated carbocycles. The number of methoxy groups -OCH3 is 2. The summed E-state index contributed by atoms with van der Waals surface area (Å²) in [6, 6.07) is 21.8. The van der Waals surface area contributed by atoms with Gasteiger partial charge in [-0.25, -0.2) is 0 Å². The maximum Gasteiger partial charge on any atom is 0.166 e. The Balaban J connectivity index is 1.59. The fraction of sp³-hybridized carbons (Fsp3) is 0.250. The van der Waals surface area contributed by atoms with Crippen LogP contribution in [-0.4, -0.2) is 20.8 Å². The number of hydrogen-bond donors (Lipinski definition) is 1. The quantitative estimate of drug-likeness (QED) is 0.461. The Morgan fingerprint density at radius 3 is 2.38 bits per heavy atom. The Kier molecular flexibility index (Phi) is 7.79. The number of hydrogen-bond acceptors (Lipinski definition) is 4. The average molecular weight is 412 g/mol. The van der Waals surface area contributed by atoms with Crippen molar-refractivity contribution in [1.29, 1.82) is 0 Å². The van der Waals surface area contributed by atoms with Gasteiger partial charge in [-0.15, -0.1) is 0 Å². The maximum atomic E-state index is 6.10. The monoisotopic (exact) mass is 411 g/mol. The molecular formula is C24H26ClNO3. The maximum absolute atomic E-state index is 6.10. The molecule has 0 radical (unpaired) electrons. The molecule has 3 rings (SSSR count). The van der Waals surface area contributed by atoms with E-state index in [-0.39, 0.29) is 0 Å². The van der Waals surface area contributed by atoms with Crippen LogP contribution in [-0.2, 0) is 19.6 Å². The Labute approximate surface area is 177 Å². The van der Waals surface area contributed by atoms with Crippen LogP contribution in [0.5, 0.6) is 17.2 Å². The fourth-order valence-corrected chi connectivity index (χ4v) is 3.27. The second-order valence-corrected chi connectivity index (χ2v) is 7.08. The molecule has 5 heteroatoms. The summed E-state index contributed by atoms with van der Waals surface area (Å²) in [5, 5.41) is 4.19. The van der Waals surface area contributed by atoms with Crippen molar-refractivity contribution in [3.8, 4) is 17.2 Å². The molecule has 0 fully saturated rings. The molecule has 3 aromatic rings. The van der Waals surface area contributed by atoms with Gasteiger partial charge in [0.25, 0.3) is 0 Å². The summed E-state index contributed by atoms with van der Waals surface area (Å²) in [5.74, 6) is 2.35. The van der Waals surface area contributed by atoms with Crippen molar-refractivity contribution in [2.45, 2.75) is 19.6 Å². The van der Waals surface area contributed by atoms with E-state index in [1.54, 1.807) is 14.2 Å². The van der Waals surface area contributed by atoms with Gasteiger partial charge in [-0.3, -0.25) is 0 Å². The largest absolute Gasteiger partial charge is 0.497 e. The van der Waals surface area contributed by atoms with Crippen LogP contribution in [0, 0.1) is 0 Å². The molecule has 0 aliphatic carbocycles. The zero-order valence-electron chi connectivity index (χ0n) is 16.8. The molecule has 29 heavy (non-hydrogen) atoms. The fourth-order valence-electron chi connectivity index (χ4n) is 3.06. The van der Waals surface area contributed by atoms with Gasteiger partial charge in [-0.2, -0.15) is 0 Å². The Bertz CT molecular complexity index is 912. The number of halogens is 1. The Morgan fingerprint density at radius 1 is 0.862 bits per heavy atom. The first-order chi connectivity index (χ1) is 14.2. The van der Waals surface area contributed by atoms with Crippen molar-refractivity contribution in [2.75, 3.05) is 20.8 Å². The molecule has 152 valence electrons. The van der Waals surface area contributed by atoms with E-state index in [4.69, 9.17) is 25.8 Å². The second kappa shape index (κ2) is 10.7. The molecule has 0 atom stereocenters. The van der Waals surface area contributed by atoms with E-state index in [1.807, 2.05) is 48.5 Å². The number of benzene rings is 3. The lowest BCUT2D eigenvalue weighted by atomic mass is 10.1. The average Bonchev–Trinajstić information content (AvgIpc) is 2.76. The van der Waals surface area contributed by atoms with Gasteiger partial charge in [0.1, 0.15) is 12.4 Å². The zero-order chi connectivity index (χ0) is 20.5. The van der Waals surface area contributed by atoms with Crippen LogP contribution >= 0.6 is 11.6 Å². The van der Waals surface area contributed by atoms with Gasteiger partial charge in [0, 0.05) is 17.1 Å². The van der Waals surface area contributed by atoms with E-state index >= 15 is 0 Å². The van der Waals surface area contributed by atoms with Crippen molar-refractivity contribution in [3.05, 3.63) is 88.4 Å². The van der Waals surface area contributed by atoms with Gasteiger partial charge in [-0.1, -0.05) is 48.0 Å². The second-order valence-electron chi connectivity index (χ2n) is 6.64. The molecule has 0 aliphatic rings. The smallest absolute Gasteiger partial charge is 0.166 e. The first kappa shape index (κ1) is 21.0. The van der Waals surface area contributed by atoms with Crippen molar-refractivity contribution in [3.63, 3.8) is 0 Å². The molecule has 0 spiro atoms. The minimum absolute atomic E-state index is 0.430. The predicted molar refractivity (Wildman–Crippen MR) is 117 cm³/mol. The van der Waals surface area contributed by atoms with Crippen LogP contribution < -0.4 is 19.5 Å². The standard InChI is InChI=1S/C24H26ClNO3/c1-27-22-11-9-18(10-12-22)13-14-26-16-20-6-4-8-23(28-2)24(20)29-17-19-5-3-7-21(25)15-19/h3-12,15,26H,13-14,16-17H2,1-2H3. The highest BCUT2D eigenvalue weighted by Crippen LogP contribution is 2.32. The summed E-state index contributed by atoms with van der Waals surface area (Å²) in [4.78, 5) is 0. The van der Waals surface area contributed by atoms with Crippen LogP contribution in [0.15, 0.2) is 66.7 Å². The van der Waals surface area contributed by atoms with Crippen LogP contribution in [0.3, 0.4) is 0 Å². The number of ether oxygens (including phenoxy) is 3. The van der Waals surface area contributed by atoms with Crippen molar-refractivity contribution in [1.82, 2.24) is 5.32 Å². The minimum Gasteiger partial charge on any atom is -0.497 e. The van der Waals surface area contributed by atoms with E-state index in [0.717, 1.165) is 41.3 Å². The van der Waals surface area contributed by atoms with Gasteiger partial charge in [0.15, 0.2) is 11.5 Å². The van der Waals surface area contributed by atoms with E-state index in [1.165, 1.54) is 5.56 Å². The molecule has 1 N–H and O–H groups in total. The third-order valence-corrected chi connectivity index (χ3v) is 4.85. The topological polar surface area (TPSA) is 39.7 Å². The number of rotatable bonds is 10. The van der Waals surface area contributed by atoms with Crippen molar-refractivity contribution < 1.29 is 14.2 Å². The van der Waals surface area contributed by atoms with E-state index in [0.29, 0.717) is 18.2 Å². The lowest BCUT2D eigenvalue weighted by Crippen LogP contribution is -2.17. The van der Waals surface area contributed by atoms with Crippen LogP contribution in [0.2, 0.25) is 5.02 Å². The highest BCUT2D eigenvalue weighted by molar-refractivity contribution is 6.30. The summed E-state index contributed by atoms with van der Waals surface area (Å²) in [6.07, 6.45) is 0.937. The zero-order valence-corrected chi connectivity index (χ0v) is 17.5. The lowest BCUT2D eigenvalue weighted by molar-refractivity contribution is 0.280. The molecule has 0 saturated heterocycles. The lowest BCUT2D eigenvalue weighted by Gasteiger charge is -2.16. The molecule has 0 bridgehead atoms. The van der Waals surface area contributed by atoms with Gasteiger partial charge in [-0.05, 0) is 54.4 Å². The van der Waals surface area contributed by atoms with Crippen LogP contribution in [0.25, 0.3) is 0 Å². The predicted octanol–water partition coefficient (Wildman–Crippen LogP) is 5.27. The highest BCUT2D eigenvalue weighted by atomic mass is 35.5. The first-order valence-corrected chi connectivity index (χ1v) is 9.94.